The summed E-state index contributed by atoms with van der Waals surface area (Å²) >= 11 is 1.74. The van der Waals surface area contributed by atoms with Crippen LogP contribution in [-0.4, -0.2) is 112 Å². The Morgan fingerprint density at radius 2 is 1.62 bits per heavy atom. The van der Waals surface area contributed by atoms with Crippen molar-refractivity contribution in [3.05, 3.63) is 11.6 Å². The maximum absolute atomic E-state index is 14.1. The Balaban J connectivity index is 1.78. The molecule has 3 heterocycles. The van der Waals surface area contributed by atoms with Crippen LogP contribution in [-0.2, 0) is 19.2 Å². The summed E-state index contributed by atoms with van der Waals surface area (Å²) in [5, 5.41) is 3.14. The van der Waals surface area contributed by atoms with Crippen molar-refractivity contribution in [3.8, 4) is 0 Å². The third-order valence-electron chi connectivity index (χ3n) is 9.01. The Morgan fingerprint density at radius 1 is 0.952 bits per heavy atom. The number of piperidine rings is 1. The van der Waals surface area contributed by atoms with Gasteiger partial charge in [0.1, 0.15) is 12.1 Å². The van der Waals surface area contributed by atoms with E-state index < -0.39 is 17.5 Å². The number of nitrogens with one attached hydrogen (secondary N) is 1. The molecule has 3 fully saturated rings. The largest absolute Gasteiger partial charge is 0.342 e. The van der Waals surface area contributed by atoms with Gasteiger partial charge in [0.2, 0.25) is 23.6 Å². The second-order valence-electron chi connectivity index (χ2n) is 14.0. The molecule has 0 aromatic carbocycles. The predicted octanol–water partition coefficient (Wildman–Crippen LogP) is 3.73. The van der Waals surface area contributed by atoms with Gasteiger partial charge in [0.15, 0.2) is 0 Å². The summed E-state index contributed by atoms with van der Waals surface area (Å²) in [7, 11) is 1.76. The van der Waals surface area contributed by atoms with Gasteiger partial charge < -0.3 is 20.0 Å². The second-order valence-corrected chi connectivity index (χ2v) is 15.1. The molecule has 1 N–H and O–H groups in total. The highest BCUT2D eigenvalue weighted by Crippen LogP contribution is 2.28. The lowest BCUT2D eigenvalue weighted by Gasteiger charge is -2.41. The van der Waals surface area contributed by atoms with Crippen LogP contribution >= 0.6 is 11.8 Å². The van der Waals surface area contributed by atoms with Gasteiger partial charge in [-0.15, -0.1) is 11.8 Å². The SMILES string of the molecule is C/C(=C\[C@H](C(C)C)N(C)C(=O)[C@@H](NC(=O)C1CCCCN1C(C)C)C(C)(C)C)C(=O)N1CCC[C@H]1C(=O)N1CCSC1. The molecule has 0 aromatic heterocycles. The fourth-order valence-electron chi connectivity index (χ4n) is 6.46. The average Bonchev–Trinajstić information content (AvgIpc) is 3.65. The number of amides is 4. The molecule has 10 heteroatoms. The Kier molecular flexibility index (Phi) is 12.0. The summed E-state index contributed by atoms with van der Waals surface area (Å²) < 4.78 is 0. The van der Waals surface area contributed by atoms with Crippen molar-refractivity contribution in [2.45, 2.75) is 118 Å². The van der Waals surface area contributed by atoms with E-state index in [0.29, 0.717) is 24.4 Å². The quantitative estimate of drug-likeness (QED) is 0.403. The number of likely N-dealkylation sites (N-methyl/N-ethyl adjacent to an activating group) is 1. The highest BCUT2D eigenvalue weighted by Gasteiger charge is 2.41. The van der Waals surface area contributed by atoms with Gasteiger partial charge in [-0.1, -0.05) is 47.1 Å². The van der Waals surface area contributed by atoms with Crippen molar-refractivity contribution in [2.75, 3.05) is 38.3 Å². The molecule has 3 saturated heterocycles. The average molecular weight is 606 g/mol. The Labute approximate surface area is 258 Å². The fourth-order valence-corrected chi connectivity index (χ4v) is 7.42. The smallest absolute Gasteiger partial charge is 0.249 e. The summed E-state index contributed by atoms with van der Waals surface area (Å²) in [6, 6.07) is -1.46. The van der Waals surface area contributed by atoms with Gasteiger partial charge in [0.05, 0.1) is 18.0 Å². The van der Waals surface area contributed by atoms with Crippen LogP contribution in [0.25, 0.3) is 0 Å². The van der Waals surface area contributed by atoms with E-state index in [-0.39, 0.29) is 47.7 Å². The lowest BCUT2D eigenvalue weighted by molar-refractivity contribution is -0.142. The van der Waals surface area contributed by atoms with Crippen molar-refractivity contribution in [1.82, 2.24) is 24.9 Å². The predicted molar refractivity (Wildman–Crippen MR) is 170 cm³/mol. The zero-order valence-electron chi connectivity index (χ0n) is 27.4. The van der Waals surface area contributed by atoms with E-state index in [1.165, 1.54) is 0 Å². The lowest BCUT2D eigenvalue weighted by atomic mass is 9.84. The summed E-state index contributed by atoms with van der Waals surface area (Å²) in [5.74, 6) is 1.31. The minimum atomic E-state index is -0.712. The van der Waals surface area contributed by atoms with Gasteiger partial charge >= 0.3 is 0 Å². The van der Waals surface area contributed by atoms with Crippen LogP contribution in [0, 0.1) is 11.3 Å². The molecule has 0 radical (unpaired) electrons. The van der Waals surface area contributed by atoms with Gasteiger partial charge in [-0.2, -0.15) is 0 Å². The molecule has 4 atom stereocenters. The summed E-state index contributed by atoms with van der Waals surface area (Å²) in [6.45, 7) is 18.2. The minimum Gasteiger partial charge on any atom is -0.342 e. The Morgan fingerprint density at radius 3 is 2.19 bits per heavy atom. The molecule has 3 aliphatic heterocycles. The van der Waals surface area contributed by atoms with Gasteiger partial charge in [-0.05, 0) is 64.3 Å². The van der Waals surface area contributed by atoms with Crippen LogP contribution < -0.4 is 5.32 Å². The van der Waals surface area contributed by atoms with Crippen LogP contribution in [0.5, 0.6) is 0 Å². The van der Waals surface area contributed by atoms with E-state index >= 15 is 0 Å². The first-order valence-electron chi connectivity index (χ1n) is 15.8. The number of hydrogen-bond acceptors (Lipinski definition) is 6. The lowest BCUT2D eigenvalue weighted by Crippen LogP contribution is -2.60. The fraction of sp³-hybridized carbons (Fsp3) is 0.812. The van der Waals surface area contributed by atoms with Crippen molar-refractivity contribution >= 4 is 35.4 Å². The van der Waals surface area contributed by atoms with Crippen molar-refractivity contribution < 1.29 is 19.2 Å². The molecule has 1 unspecified atom stereocenters. The van der Waals surface area contributed by atoms with Gasteiger partial charge in [0, 0.05) is 37.5 Å². The monoisotopic (exact) mass is 605 g/mol. The maximum atomic E-state index is 14.1. The van der Waals surface area contributed by atoms with Crippen LogP contribution in [0.4, 0.5) is 0 Å². The Bertz CT molecular complexity index is 1020. The highest BCUT2D eigenvalue weighted by atomic mass is 32.2. The number of nitrogens with zero attached hydrogens (tertiary/aromatic N) is 4. The number of carbonyl (C=O) groups is 4. The van der Waals surface area contributed by atoms with Crippen LogP contribution in [0.3, 0.4) is 0 Å². The van der Waals surface area contributed by atoms with E-state index in [1.807, 2.05) is 45.6 Å². The zero-order chi connectivity index (χ0) is 31.4. The van der Waals surface area contributed by atoms with E-state index in [0.717, 1.165) is 44.5 Å². The molecule has 4 amide bonds. The van der Waals surface area contributed by atoms with Crippen molar-refractivity contribution in [1.29, 1.82) is 0 Å². The van der Waals surface area contributed by atoms with Crippen molar-refractivity contribution in [3.63, 3.8) is 0 Å². The first-order chi connectivity index (χ1) is 19.6. The van der Waals surface area contributed by atoms with E-state index in [4.69, 9.17) is 0 Å². The molecule has 238 valence electrons. The topological polar surface area (TPSA) is 93.3 Å². The molecule has 42 heavy (non-hydrogen) atoms. The molecule has 9 nitrogen and oxygen atoms in total. The molecule has 0 saturated carbocycles. The van der Waals surface area contributed by atoms with E-state index in [2.05, 4.69) is 24.1 Å². The van der Waals surface area contributed by atoms with Crippen LogP contribution in [0.1, 0.15) is 87.5 Å². The van der Waals surface area contributed by atoms with Gasteiger partial charge in [-0.3, -0.25) is 24.1 Å². The number of carbonyl (C=O) groups excluding carboxylic acids is 4. The molecule has 0 bridgehead atoms. The second kappa shape index (κ2) is 14.6. The maximum Gasteiger partial charge on any atom is 0.249 e. The molecule has 3 rings (SSSR count). The molecule has 0 aliphatic carbocycles. The summed E-state index contributed by atoms with van der Waals surface area (Å²) in [6.07, 6.45) is 6.25. The minimum absolute atomic E-state index is 0.0328. The van der Waals surface area contributed by atoms with Crippen LogP contribution in [0.2, 0.25) is 0 Å². The normalized spacial score (nSPS) is 23.8. The Hall–Kier alpha value is -2.07. The van der Waals surface area contributed by atoms with Crippen LogP contribution in [0.15, 0.2) is 11.6 Å². The number of hydrogen-bond donors (Lipinski definition) is 1. The number of rotatable bonds is 9. The highest BCUT2D eigenvalue weighted by molar-refractivity contribution is 7.99. The zero-order valence-corrected chi connectivity index (χ0v) is 28.3. The van der Waals surface area contributed by atoms with Gasteiger partial charge in [-0.25, -0.2) is 0 Å². The number of likely N-dealkylation sites (tertiary alicyclic amines) is 2. The standard InChI is InChI=1S/C32H55N5O4S/c1-21(2)26(19-23(5)29(39)37-16-12-14-25(37)30(40)35-17-18-42-20-35)34(9)31(41)27(32(6,7)8)33-28(38)24-13-10-11-15-36(24)22(3)4/h19,21-22,24-27H,10-18,20H2,1-9H3,(H,33,38)/b23-19+/t24?,25-,26+,27+/m0/s1. The van der Waals surface area contributed by atoms with E-state index in [1.54, 1.807) is 35.5 Å². The van der Waals surface area contributed by atoms with Gasteiger partial charge in [0.25, 0.3) is 0 Å². The van der Waals surface area contributed by atoms with Crippen molar-refractivity contribution in [2.24, 2.45) is 11.3 Å². The number of thioether (sulfide) groups is 1. The summed E-state index contributed by atoms with van der Waals surface area (Å²) in [4.78, 5) is 62.0. The molecule has 0 spiro atoms. The molecular formula is C32H55N5O4S. The van der Waals surface area contributed by atoms with E-state index in [9.17, 15) is 19.2 Å². The first kappa shape index (κ1) is 34.4. The molecule has 0 aromatic rings. The third kappa shape index (κ3) is 8.10. The summed E-state index contributed by atoms with van der Waals surface area (Å²) in [5.41, 5.74) is 0.0285. The molecular weight excluding hydrogens is 550 g/mol. The third-order valence-corrected chi connectivity index (χ3v) is 9.97. The molecule has 3 aliphatic rings. The first-order valence-corrected chi connectivity index (χ1v) is 17.0.